The van der Waals surface area contributed by atoms with Crippen LogP contribution in [-0.4, -0.2) is 70.4 Å². The molecule has 1 fully saturated rings. The van der Waals surface area contributed by atoms with Crippen LogP contribution in [0, 0.1) is 5.82 Å². The van der Waals surface area contributed by atoms with Crippen molar-refractivity contribution in [1.29, 1.82) is 0 Å². The average molecular weight is 647 g/mol. The van der Waals surface area contributed by atoms with E-state index in [1.54, 1.807) is 37.6 Å². The van der Waals surface area contributed by atoms with Crippen LogP contribution < -0.4 is 20.1 Å². The Balaban J connectivity index is 1.08. The van der Waals surface area contributed by atoms with Gasteiger partial charge in [0.1, 0.15) is 11.5 Å². The van der Waals surface area contributed by atoms with Crippen molar-refractivity contribution in [3.8, 4) is 27.8 Å². The van der Waals surface area contributed by atoms with Crippen LogP contribution >= 0.6 is 23.6 Å². The summed E-state index contributed by atoms with van der Waals surface area (Å²) in [6.45, 7) is 5.23. The molecule has 5 aromatic rings. The van der Waals surface area contributed by atoms with Crippen molar-refractivity contribution in [2.24, 2.45) is 0 Å². The van der Waals surface area contributed by atoms with E-state index in [1.807, 2.05) is 30.7 Å². The summed E-state index contributed by atoms with van der Waals surface area (Å²) in [6.07, 6.45) is 5.58. The zero-order chi connectivity index (χ0) is 31.2. The molecule has 0 radical (unpaired) electrons. The van der Waals surface area contributed by atoms with Crippen LogP contribution in [-0.2, 0) is 22.5 Å². The highest BCUT2D eigenvalue weighted by Gasteiger charge is 2.16. The molecule has 0 unspecified atom stereocenters. The van der Waals surface area contributed by atoms with Crippen molar-refractivity contribution < 1.29 is 23.4 Å². The minimum absolute atomic E-state index is 0.0431. The standard InChI is InChI=1S/C32H31FN6O4S2/c1-41-26-5-3-2-4-21(26)16-30(40)37-32(44)36-22-6-7-27(23(33)17-22)43-28-8-9-34-24-18-29(45-31(24)28)25-19-39(20-35-25)11-10-38-12-14-42-15-13-38/h2-9,17-20H,10-16H2,1H3,(H2,36,37,40,44). The van der Waals surface area contributed by atoms with Crippen LogP contribution in [0.2, 0.25) is 0 Å². The number of para-hydroxylation sites is 1. The number of morpholine rings is 1. The molecule has 1 aliphatic rings. The van der Waals surface area contributed by atoms with Crippen molar-refractivity contribution in [2.45, 2.75) is 13.0 Å². The van der Waals surface area contributed by atoms with Crippen LogP contribution in [0.4, 0.5) is 10.1 Å². The van der Waals surface area contributed by atoms with E-state index in [4.69, 9.17) is 26.4 Å². The Labute approximate surface area is 268 Å². The summed E-state index contributed by atoms with van der Waals surface area (Å²) in [5.74, 6) is 0.224. The Hall–Kier alpha value is -4.43. The lowest BCUT2D eigenvalue weighted by atomic mass is 10.1. The van der Waals surface area contributed by atoms with Gasteiger partial charge in [0, 0.05) is 62.0 Å². The highest BCUT2D eigenvalue weighted by Crippen LogP contribution is 2.39. The highest BCUT2D eigenvalue weighted by atomic mass is 32.1. The van der Waals surface area contributed by atoms with Gasteiger partial charge in [-0.15, -0.1) is 11.3 Å². The molecule has 0 spiro atoms. The van der Waals surface area contributed by atoms with Crippen molar-refractivity contribution in [2.75, 3.05) is 45.3 Å². The molecular weight excluding hydrogens is 616 g/mol. The molecule has 0 aliphatic carbocycles. The highest BCUT2D eigenvalue weighted by molar-refractivity contribution is 7.80. The number of nitrogens with zero attached hydrogens (tertiary/aromatic N) is 4. The number of carbonyl (C=O) groups is 1. The molecule has 45 heavy (non-hydrogen) atoms. The zero-order valence-corrected chi connectivity index (χ0v) is 26.1. The number of anilines is 1. The second kappa shape index (κ2) is 14.1. The van der Waals surface area contributed by atoms with E-state index in [0.717, 1.165) is 65.7 Å². The van der Waals surface area contributed by atoms with Crippen LogP contribution in [0.15, 0.2) is 73.3 Å². The minimum Gasteiger partial charge on any atom is -0.496 e. The zero-order valence-electron chi connectivity index (χ0n) is 24.5. The lowest BCUT2D eigenvalue weighted by Crippen LogP contribution is -2.38. The number of carbonyl (C=O) groups excluding carboxylic acids is 1. The number of amides is 1. The number of methoxy groups -OCH3 is 1. The number of nitrogens with one attached hydrogen (secondary N) is 2. The quantitative estimate of drug-likeness (QED) is 0.191. The van der Waals surface area contributed by atoms with E-state index in [1.165, 1.54) is 23.5 Å². The van der Waals surface area contributed by atoms with Crippen molar-refractivity contribution in [1.82, 2.24) is 24.8 Å². The third-order valence-corrected chi connectivity index (χ3v) is 8.61. The smallest absolute Gasteiger partial charge is 0.230 e. The molecule has 0 bridgehead atoms. The van der Waals surface area contributed by atoms with Gasteiger partial charge in [-0.2, -0.15) is 0 Å². The van der Waals surface area contributed by atoms with Crippen molar-refractivity contribution >= 4 is 50.5 Å². The second-order valence-corrected chi connectivity index (χ2v) is 11.8. The monoisotopic (exact) mass is 646 g/mol. The first-order chi connectivity index (χ1) is 21.9. The van der Waals surface area contributed by atoms with Crippen molar-refractivity contribution in [3.63, 3.8) is 0 Å². The van der Waals surface area contributed by atoms with E-state index in [9.17, 15) is 4.79 Å². The van der Waals surface area contributed by atoms with E-state index >= 15 is 4.39 Å². The number of aromatic nitrogens is 3. The molecule has 1 aliphatic heterocycles. The van der Waals surface area contributed by atoms with E-state index in [2.05, 4.69) is 30.1 Å². The average Bonchev–Trinajstić information content (AvgIpc) is 3.70. The van der Waals surface area contributed by atoms with E-state index in [-0.39, 0.29) is 23.2 Å². The first kappa shape index (κ1) is 30.6. The lowest BCUT2D eigenvalue weighted by molar-refractivity contribution is -0.119. The Morgan fingerprint density at radius 3 is 2.73 bits per heavy atom. The van der Waals surface area contributed by atoms with Gasteiger partial charge in [-0.25, -0.2) is 9.37 Å². The number of imidazole rings is 1. The molecule has 1 amide bonds. The summed E-state index contributed by atoms with van der Waals surface area (Å²) in [6, 6.07) is 15.3. The molecule has 232 valence electrons. The van der Waals surface area contributed by atoms with E-state index < -0.39 is 5.82 Å². The summed E-state index contributed by atoms with van der Waals surface area (Å²) in [4.78, 5) is 24.9. The van der Waals surface area contributed by atoms with Gasteiger partial charge in [0.25, 0.3) is 0 Å². The molecule has 2 N–H and O–H groups in total. The summed E-state index contributed by atoms with van der Waals surface area (Å²) in [5, 5.41) is 5.51. The molecule has 0 saturated carbocycles. The number of hydrogen-bond acceptors (Lipinski definition) is 9. The van der Waals surface area contributed by atoms with Crippen molar-refractivity contribution in [3.05, 3.63) is 84.7 Å². The van der Waals surface area contributed by atoms with Gasteiger partial charge in [0.15, 0.2) is 16.7 Å². The fourth-order valence-electron chi connectivity index (χ4n) is 4.95. The van der Waals surface area contributed by atoms with Crippen LogP contribution in [0.3, 0.4) is 0 Å². The molecule has 1 saturated heterocycles. The maximum atomic E-state index is 15.2. The maximum absolute atomic E-state index is 15.2. The van der Waals surface area contributed by atoms with Crippen LogP contribution in [0.5, 0.6) is 17.2 Å². The maximum Gasteiger partial charge on any atom is 0.230 e. The van der Waals surface area contributed by atoms with Gasteiger partial charge < -0.3 is 29.4 Å². The normalized spacial score (nSPS) is 13.5. The number of thiophene rings is 1. The number of hydrogen-bond donors (Lipinski definition) is 2. The minimum atomic E-state index is -0.594. The first-order valence-corrected chi connectivity index (χ1v) is 15.6. The van der Waals surface area contributed by atoms with Gasteiger partial charge in [0.05, 0.1) is 53.9 Å². The number of halogens is 1. The molecule has 6 rings (SSSR count). The van der Waals surface area contributed by atoms with Gasteiger partial charge in [-0.05, 0) is 36.5 Å². The van der Waals surface area contributed by atoms with Crippen LogP contribution in [0.25, 0.3) is 20.8 Å². The fraction of sp³-hybridized carbons (Fsp3) is 0.250. The second-order valence-electron chi connectivity index (χ2n) is 10.3. The number of pyridine rings is 1. The third-order valence-electron chi connectivity index (χ3n) is 7.25. The first-order valence-electron chi connectivity index (χ1n) is 14.4. The molecular formula is C32H31FN6O4S2. The van der Waals surface area contributed by atoms with Gasteiger partial charge in [-0.1, -0.05) is 18.2 Å². The summed E-state index contributed by atoms with van der Waals surface area (Å²) in [5.41, 5.74) is 2.68. The third kappa shape index (κ3) is 7.63. The predicted octanol–water partition coefficient (Wildman–Crippen LogP) is 5.49. The Morgan fingerprint density at radius 1 is 1.07 bits per heavy atom. The number of fused-ring (bicyclic) bond motifs is 1. The molecule has 2 aromatic carbocycles. The Bertz CT molecular complexity index is 1820. The van der Waals surface area contributed by atoms with Gasteiger partial charge in [0.2, 0.25) is 5.91 Å². The number of thiocarbonyl (C=S) groups is 1. The summed E-state index contributed by atoms with van der Waals surface area (Å²) in [7, 11) is 1.55. The molecule has 10 nitrogen and oxygen atoms in total. The number of ether oxygens (including phenoxy) is 3. The molecule has 13 heteroatoms. The molecule has 0 atom stereocenters. The number of benzene rings is 2. The Morgan fingerprint density at radius 2 is 1.91 bits per heavy atom. The predicted molar refractivity (Wildman–Crippen MR) is 176 cm³/mol. The largest absolute Gasteiger partial charge is 0.496 e. The van der Waals surface area contributed by atoms with Gasteiger partial charge >= 0.3 is 0 Å². The molecule has 4 heterocycles. The van der Waals surface area contributed by atoms with Gasteiger partial charge in [-0.3, -0.25) is 14.7 Å². The fourth-order valence-corrected chi connectivity index (χ4v) is 6.21. The molecule has 3 aromatic heterocycles. The number of rotatable bonds is 10. The summed E-state index contributed by atoms with van der Waals surface area (Å²) >= 11 is 6.76. The topological polar surface area (TPSA) is 103 Å². The SMILES string of the molecule is COc1ccccc1CC(=O)NC(=S)Nc1ccc(Oc2ccnc3cc(-c4cn(CCN5CCOCC5)cn4)sc23)c(F)c1. The lowest BCUT2D eigenvalue weighted by Gasteiger charge is -2.26. The Kier molecular flexibility index (Phi) is 9.60. The van der Waals surface area contributed by atoms with Crippen LogP contribution in [0.1, 0.15) is 5.56 Å². The summed E-state index contributed by atoms with van der Waals surface area (Å²) < 4.78 is 34.8. The van der Waals surface area contributed by atoms with E-state index in [0.29, 0.717) is 17.2 Å².